The fraction of sp³-hybridized carbons (Fsp3) is 0.143. The van der Waals surface area contributed by atoms with Crippen LogP contribution in [0.3, 0.4) is 0 Å². The third kappa shape index (κ3) is 2.82. The fourth-order valence-corrected chi connectivity index (χ4v) is 1.63. The molecule has 0 saturated carbocycles. The van der Waals surface area contributed by atoms with Gasteiger partial charge in [0.25, 0.3) is 0 Å². The zero-order valence-electron chi connectivity index (χ0n) is 10.8. The van der Waals surface area contributed by atoms with Crippen molar-refractivity contribution >= 4 is 23.2 Å². The molecule has 1 heterocycles. The predicted octanol–water partition coefficient (Wildman–Crippen LogP) is 2.50. The van der Waals surface area contributed by atoms with E-state index < -0.39 is 5.97 Å². The summed E-state index contributed by atoms with van der Waals surface area (Å²) >= 11 is 0. The monoisotopic (exact) mass is 257 g/mol. The van der Waals surface area contributed by atoms with Gasteiger partial charge in [0.15, 0.2) is 11.5 Å². The second-order valence-electron chi connectivity index (χ2n) is 4.07. The minimum Gasteiger partial charge on any atom is -0.464 e. The second-order valence-corrected chi connectivity index (χ2v) is 4.07. The van der Waals surface area contributed by atoms with Crippen molar-refractivity contribution in [1.29, 1.82) is 0 Å². The van der Waals surface area contributed by atoms with Crippen LogP contribution in [0.5, 0.6) is 0 Å². The van der Waals surface area contributed by atoms with E-state index >= 15 is 0 Å². The molecular weight excluding hydrogens is 242 g/mol. The number of carbonyl (C=O) groups is 1. The highest BCUT2D eigenvalue weighted by atomic mass is 16.5. The molecule has 98 valence electrons. The molecule has 0 fully saturated rings. The first kappa shape index (κ1) is 12.9. The van der Waals surface area contributed by atoms with Crippen LogP contribution >= 0.6 is 0 Å². The Kier molecular flexibility index (Phi) is 3.66. The van der Waals surface area contributed by atoms with Crippen LogP contribution in [-0.4, -0.2) is 18.1 Å². The topological polar surface area (TPSA) is 77.2 Å². The standard InChI is InChI=1S/C14H15N3O2/c1-9-5-3-4-6-11(9)16-13-10(15)7-8-12(17-13)14(18)19-2/h3-8H,15H2,1-2H3,(H,16,17). The Bertz CT molecular complexity index is 611. The molecule has 0 bridgehead atoms. The van der Waals surface area contributed by atoms with E-state index in [-0.39, 0.29) is 5.69 Å². The zero-order valence-corrected chi connectivity index (χ0v) is 10.8. The molecule has 0 aliphatic carbocycles. The summed E-state index contributed by atoms with van der Waals surface area (Å²) in [6, 6.07) is 10.9. The number of methoxy groups -OCH3 is 1. The van der Waals surface area contributed by atoms with Gasteiger partial charge in [-0.3, -0.25) is 0 Å². The average Bonchev–Trinajstić information content (AvgIpc) is 2.42. The van der Waals surface area contributed by atoms with Crippen molar-refractivity contribution in [1.82, 2.24) is 4.98 Å². The number of anilines is 3. The van der Waals surface area contributed by atoms with Crippen LogP contribution in [0, 0.1) is 6.92 Å². The number of nitrogens with zero attached hydrogens (tertiary/aromatic N) is 1. The number of hydrogen-bond acceptors (Lipinski definition) is 5. The molecule has 5 heteroatoms. The highest BCUT2D eigenvalue weighted by Crippen LogP contribution is 2.23. The van der Waals surface area contributed by atoms with Crippen LogP contribution < -0.4 is 11.1 Å². The number of para-hydroxylation sites is 1. The Morgan fingerprint density at radius 3 is 2.68 bits per heavy atom. The lowest BCUT2D eigenvalue weighted by Gasteiger charge is -2.11. The van der Waals surface area contributed by atoms with E-state index in [0.29, 0.717) is 11.5 Å². The Morgan fingerprint density at radius 2 is 2.00 bits per heavy atom. The lowest BCUT2D eigenvalue weighted by atomic mass is 10.2. The largest absolute Gasteiger partial charge is 0.464 e. The van der Waals surface area contributed by atoms with Gasteiger partial charge in [-0.1, -0.05) is 18.2 Å². The van der Waals surface area contributed by atoms with Crippen LogP contribution in [0.2, 0.25) is 0 Å². The first-order valence-electron chi connectivity index (χ1n) is 5.79. The third-order valence-corrected chi connectivity index (χ3v) is 2.72. The summed E-state index contributed by atoms with van der Waals surface area (Å²) in [5, 5.41) is 3.12. The Labute approximate surface area is 111 Å². The van der Waals surface area contributed by atoms with Crippen LogP contribution in [0.1, 0.15) is 16.1 Å². The van der Waals surface area contributed by atoms with Gasteiger partial charge in [-0.25, -0.2) is 9.78 Å². The summed E-state index contributed by atoms with van der Waals surface area (Å²) in [6.45, 7) is 1.97. The van der Waals surface area contributed by atoms with Gasteiger partial charge in [-0.2, -0.15) is 0 Å². The number of pyridine rings is 1. The minimum absolute atomic E-state index is 0.216. The number of rotatable bonds is 3. The molecule has 0 radical (unpaired) electrons. The van der Waals surface area contributed by atoms with E-state index in [9.17, 15) is 4.79 Å². The predicted molar refractivity (Wildman–Crippen MR) is 74.5 cm³/mol. The number of hydrogen-bond donors (Lipinski definition) is 2. The number of aromatic nitrogens is 1. The van der Waals surface area contributed by atoms with E-state index in [0.717, 1.165) is 11.3 Å². The molecule has 0 spiro atoms. The maximum absolute atomic E-state index is 11.4. The molecule has 0 aliphatic rings. The number of benzene rings is 1. The quantitative estimate of drug-likeness (QED) is 0.826. The minimum atomic E-state index is -0.493. The smallest absolute Gasteiger partial charge is 0.356 e. The molecule has 5 nitrogen and oxygen atoms in total. The molecule has 2 aromatic rings. The second kappa shape index (κ2) is 5.39. The SMILES string of the molecule is COC(=O)c1ccc(N)c(Nc2ccccc2C)n1. The lowest BCUT2D eigenvalue weighted by Crippen LogP contribution is -2.08. The van der Waals surface area contributed by atoms with Gasteiger partial charge in [0, 0.05) is 5.69 Å². The van der Waals surface area contributed by atoms with Crippen molar-refractivity contribution in [3.05, 3.63) is 47.7 Å². The summed E-state index contributed by atoms with van der Waals surface area (Å²) in [7, 11) is 1.31. The summed E-state index contributed by atoms with van der Waals surface area (Å²) in [5.41, 5.74) is 8.49. The van der Waals surface area contributed by atoms with E-state index in [2.05, 4.69) is 15.0 Å². The number of carbonyl (C=O) groups excluding carboxylic acids is 1. The number of nitrogen functional groups attached to an aromatic ring is 1. The van der Waals surface area contributed by atoms with Gasteiger partial charge in [0.2, 0.25) is 0 Å². The molecule has 0 unspecified atom stereocenters. The number of esters is 1. The number of ether oxygens (including phenoxy) is 1. The molecule has 2 rings (SSSR count). The molecule has 0 amide bonds. The van der Waals surface area contributed by atoms with Crippen molar-refractivity contribution < 1.29 is 9.53 Å². The van der Waals surface area contributed by atoms with Crippen LogP contribution in [-0.2, 0) is 4.74 Å². The van der Waals surface area contributed by atoms with Crippen molar-refractivity contribution in [2.24, 2.45) is 0 Å². The summed E-state index contributed by atoms with van der Waals surface area (Å²) in [6.07, 6.45) is 0. The van der Waals surface area contributed by atoms with Gasteiger partial charge in [-0.05, 0) is 30.7 Å². The summed E-state index contributed by atoms with van der Waals surface area (Å²) in [5.74, 6) is -0.0509. The molecule has 3 N–H and O–H groups in total. The molecule has 0 atom stereocenters. The Morgan fingerprint density at radius 1 is 1.26 bits per heavy atom. The van der Waals surface area contributed by atoms with E-state index in [4.69, 9.17) is 5.73 Å². The van der Waals surface area contributed by atoms with Crippen LogP contribution in [0.4, 0.5) is 17.2 Å². The number of aryl methyl sites for hydroxylation is 1. The Balaban J connectivity index is 2.34. The number of nitrogens with one attached hydrogen (secondary N) is 1. The highest BCUT2D eigenvalue weighted by Gasteiger charge is 2.11. The lowest BCUT2D eigenvalue weighted by molar-refractivity contribution is 0.0594. The van der Waals surface area contributed by atoms with Crippen LogP contribution in [0.15, 0.2) is 36.4 Å². The summed E-state index contributed by atoms with van der Waals surface area (Å²) < 4.78 is 4.64. The van der Waals surface area contributed by atoms with E-state index in [1.54, 1.807) is 6.07 Å². The van der Waals surface area contributed by atoms with E-state index in [1.165, 1.54) is 13.2 Å². The van der Waals surface area contributed by atoms with Crippen molar-refractivity contribution in [2.45, 2.75) is 6.92 Å². The van der Waals surface area contributed by atoms with Gasteiger partial charge in [0.05, 0.1) is 12.8 Å². The normalized spacial score (nSPS) is 10.0. The fourth-order valence-electron chi connectivity index (χ4n) is 1.63. The molecule has 0 aliphatic heterocycles. The first-order valence-corrected chi connectivity index (χ1v) is 5.79. The van der Waals surface area contributed by atoms with Crippen molar-refractivity contribution in [3.63, 3.8) is 0 Å². The van der Waals surface area contributed by atoms with E-state index in [1.807, 2.05) is 31.2 Å². The molecule has 1 aromatic heterocycles. The average molecular weight is 257 g/mol. The van der Waals surface area contributed by atoms with Crippen LogP contribution in [0.25, 0.3) is 0 Å². The van der Waals surface area contributed by atoms with Gasteiger partial charge in [0.1, 0.15) is 0 Å². The first-order chi connectivity index (χ1) is 9.11. The molecule has 0 saturated heterocycles. The number of nitrogens with two attached hydrogens (primary N) is 1. The zero-order chi connectivity index (χ0) is 13.8. The third-order valence-electron chi connectivity index (χ3n) is 2.72. The molecule has 1 aromatic carbocycles. The van der Waals surface area contributed by atoms with Gasteiger partial charge < -0.3 is 15.8 Å². The molecule has 19 heavy (non-hydrogen) atoms. The molecular formula is C14H15N3O2. The van der Waals surface area contributed by atoms with Crippen molar-refractivity contribution in [2.75, 3.05) is 18.2 Å². The maximum atomic E-state index is 11.4. The maximum Gasteiger partial charge on any atom is 0.356 e. The van der Waals surface area contributed by atoms with Gasteiger partial charge in [-0.15, -0.1) is 0 Å². The Hall–Kier alpha value is -2.56. The highest BCUT2D eigenvalue weighted by molar-refractivity contribution is 5.88. The van der Waals surface area contributed by atoms with Gasteiger partial charge >= 0.3 is 5.97 Å². The summed E-state index contributed by atoms with van der Waals surface area (Å²) in [4.78, 5) is 15.6. The van der Waals surface area contributed by atoms with Crippen molar-refractivity contribution in [3.8, 4) is 0 Å².